The van der Waals surface area contributed by atoms with Gasteiger partial charge in [0.25, 0.3) is 0 Å². The molecular weight excluding hydrogens is 276 g/mol. The zero-order valence-corrected chi connectivity index (χ0v) is 13.9. The first-order chi connectivity index (χ1) is 10.6. The van der Waals surface area contributed by atoms with Crippen molar-refractivity contribution in [3.05, 3.63) is 0 Å². The van der Waals surface area contributed by atoms with Crippen LogP contribution in [-0.4, -0.2) is 59.6 Å². The first-order valence-corrected chi connectivity index (χ1v) is 9.21. The van der Waals surface area contributed by atoms with E-state index in [0.29, 0.717) is 11.8 Å². The maximum atomic E-state index is 12.7. The second-order valence-electron chi connectivity index (χ2n) is 8.65. The van der Waals surface area contributed by atoms with Crippen molar-refractivity contribution in [2.45, 2.75) is 57.9 Å². The molecule has 2 aliphatic carbocycles. The molecule has 0 aromatic rings. The average Bonchev–Trinajstić information content (AvgIpc) is 2.98. The van der Waals surface area contributed by atoms with Crippen molar-refractivity contribution >= 4 is 5.91 Å². The van der Waals surface area contributed by atoms with Gasteiger partial charge in [-0.15, -0.1) is 0 Å². The second kappa shape index (κ2) is 5.20. The van der Waals surface area contributed by atoms with Crippen LogP contribution in [0, 0.1) is 16.7 Å². The normalized spacial score (nSPS) is 38.3. The van der Waals surface area contributed by atoms with E-state index in [1.54, 1.807) is 0 Å². The van der Waals surface area contributed by atoms with Crippen molar-refractivity contribution in [3.63, 3.8) is 0 Å². The van der Waals surface area contributed by atoms with Crippen molar-refractivity contribution in [1.82, 2.24) is 9.80 Å². The Labute approximate surface area is 133 Å². The van der Waals surface area contributed by atoms with Gasteiger partial charge in [0, 0.05) is 36.5 Å². The summed E-state index contributed by atoms with van der Waals surface area (Å²) in [4.78, 5) is 17.5. The highest BCUT2D eigenvalue weighted by molar-refractivity contribution is 5.85. The number of piperidine rings is 1. The molecule has 0 radical (unpaired) electrons. The van der Waals surface area contributed by atoms with E-state index in [-0.39, 0.29) is 17.4 Å². The molecule has 0 unspecified atom stereocenters. The lowest BCUT2D eigenvalue weighted by Crippen LogP contribution is -2.51. The number of hydrogen-bond donors (Lipinski definition) is 1. The van der Waals surface area contributed by atoms with Crippen molar-refractivity contribution in [2.75, 3.05) is 32.8 Å². The van der Waals surface area contributed by atoms with Crippen LogP contribution in [0.4, 0.5) is 0 Å². The minimum atomic E-state index is -0.0741. The van der Waals surface area contributed by atoms with Gasteiger partial charge in [0.1, 0.15) is 0 Å². The average molecular weight is 306 g/mol. The Hall–Kier alpha value is -0.610. The van der Waals surface area contributed by atoms with Crippen LogP contribution in [0.1, 0.15) is 51.9 Å². The molecule has 0 spiro atoms. The molecule has 0 bridgehead atoms. The summed E-state index contributed by atoms with van der Waals surface area (Å²) < 4.78 is 0. The summed E-state index contributed by atoms with van der Waals surface area (Å²) in [5, 5.41) is 10.1. The summed E-state index contributed by atoms with van der Waals surface area (Å²) in [5.74, 6) is 0.820. The highest BCUT2D eigenvalue weighted by Gasteiger charge is 2.55. The fourth-order valence-corrected chi connectivity index (χ4v) is 5.11. The molecule has 0 aromatic heterocycles. The quantitative estimate of drug-likeness (QED) is 0.866. The summed E-state index contributed by atoms with van der Waals surface area (Å²) in [6, 6.07) is 0.766. The lowest BCUT2D eigenvalue weighted by molar-refractivity contribution is -0.135. The summed E-state index contributed by atoms with van der Waals surface area (Å²) in [6.45, 7) is 6.22. The predicted molar refractivity (Wildman–Crippen MR) is 85.4 cm³/mol. The molecule has 22 heavy (non-hydrogen) atoms. The van der Waals surface area contributed by atoms with Crippen molar-refractivity contribution in [2.24, 2.45) is 16.7 Å². The first-order valence-electron chi connectivity index (χ1n) is 9.21. The number of amides is 1. The van der Waals surface area contributed by atoms with Gasteiger partial charge in [0.2, 0.25) is 5.91 Å². The SMILES string of the molecule is CC1(C(=O)N2C[C@@H]3CN(C4CCCC4)CC[C@]3(CO)C2)CC1. The number of fused-ring (bicyclic) bond motifs is 1. The van der Waals surface area contributed by atoms with Gasteiger partial charge in [-0.1, -0.05) is 19.8 Å². The van der Waals surface area contributed by atoms with E-state index in [9.17, 15) is 9.90 Å². The van der Waals surface area contributed by atoms with Crippen LogP contribution in [0.5, 0.6) is 0 Å². The molecule has 2 atom stereocenters. The van der Waals surface area contributed by atoms with Gasteiger partial charge in [-0.2, -0.15) is 0 Å². The minimum absolute atomic E-state index is 0.0178. The Morgan fingerprint density at radius 1 is 1.18 bits per heavy atom. The van der Waals surface area contributed by atoms with E-state index in [0.717, 1.165) is 51.5 Å². The minimum Gasteiger partial charge on any atom is -0.396 e. The maximum absolute atomic E-state index is 12.7. The van der Waals surface area contributed by atoms with Gasteiger partial charge in [0.05, 0.1) is 6.61 Å². The summed E-state index contributed by atoms with van der Waals surface area (Å²) in [5.41, 5.74) is -0.0920. The predicted octanol–water partition coefficient (Wildman–Crippen LogP) is 1.87. The van der Waals surface area contributed by atoms with Crippen molar-refractivity contribution in [3.8, 4) is 0 Å². The third-order valence-electron chi connectivity index (χ3n) is 7.12. The van der Waals surface area contributed by atoms with Crippen molar-refractivity contribution < 1.29 is 9.90 Å². The monoisotopic (exact) mass is 306 g/mol. The third-order valence-corrected chi connectivity index (χ3v) is 7.12. The zero-order chi connectivity index (χ0) is 15.4. The van der Waals surface area contributed by atoms with E-state index in [1.165, 1.54) is 25.7 Å². The molecule has 1 amide bonds. The molecule has 2 heterocycles. The van der Waals surface area contributed by atoms with E-state index < -0.39 is 0 Å². The van der Waals surface area contributed by atoms with Crippen LogP contribution in [-0.2, 0) is 4.79 Å². The van der Waals surface area contributed by atoms with Gasteiger partial charge in [-0.3, -0.25) is 9.69 Å². The third kappa shape index (κ3) is 2.30. The summed E-state index contributed by atoms with van der Waals surface area (Å²) >= 11 is 0. The fourth-order valence-electron chi connectivity index (χ4n) is 5.11. The Bertz CT molecular complexity index is 456. The maximum Gasteiger partial charge on any atom is 0.228 e. The number of aliphatic hydroxyl groups excluding tert-OH is 1. The molecule has 4 rings (SSSR count). The number of nitrogens with zero attached hydrogens (tertiary/aromatic N) is 2. The van der Waals surface area contributed by atoms with E-state index in [1.807, 2.05) is 0 Å². The fraction of sp³-hybridized carbons (Fsp3) is 0.944. The Kier molecular flexibility index (Phi) is 3.53. The van der Waals surface area contributed by atoms with Gasteiger partial charge in [-0.25, -0.2) is 0 Å². The second-order valence-corrected chi connectivity index (χ2v) is 8.65. The molecule has 124 valence electrons. The topological polar surface area (TPSA) is 43.8 Å². The molecular formula is C18H30N2O2. The Morgan fingerprint density at radius 2 is 1.91 bits per heavy atom. The number of carbonyl (C=O) groups is 1. The number of likely N-dealkylation sites (tertiary alicyclic amines) is 2. The lowest BCUT2D eigenvalue weighted by Gasteiger charge is -2.44. The molecule has 0 aromatic carbocycles. The molecule has 4 heteroatoms. The van der Waals surface area contributed by atoms with Crippen LogP contribution < -0.4 is 0 Å². The number of hydrogen-bond acceptors (Lipinski definition) is 3. The summed E-state index contributed by atoms with van der Waals surface area (Å²) in [7, 11) is 0. The Morgan fingerprint density at radius 3 is 2.55 bits per heavy atom. The standard InChI is InChI=1S/C18H30N2O2/c1-17(6-7-17)16(22)20-11-14-10-19(15-4-2-3-5-15)9-8-18(14,12-20)13-21/h14-15,21H,2-13H2,1H3/t14-,18+/m0/s1. The van der Waals surface area contributed by atoms with Gasteiger partial charge < -0.3 is 10.0 Å². The van der Waals surface area contributed by atoms with Gasteiger partial charge in [0.15, 0.2) is 0 Å². The van der Waals surface area contributed by atoms with Crippen LogP contribution in [0.15, 0.2) is 0 Å². The molecule has 2 saturated heterocycles. The van der Waals surface area contributed by atoms with Gasteiger partial charge >= 0.3 is 0 Å². The number of rotatable bonds is 3. The van der Waals surface area contributed by atoms with Gasteiger partial charge in [-0.05, 0) is 44.6 Å². The molecule has 4 aliphatic rings. The van der Waals surface area contributed by atoms with Crippen LogP contribution in [0.3, 0.4) is 0 Å². The molecule has 1 N–H and O–H groups in total. The molecule has 2 aliphatic heterocycles. The van der Waals surface area contributed by atoms with Crippen molar-refractivity contribution in [1.29, 1.82) is 0 Å². The highest BCUT2D eigenvalue weighted by atomic mass is 16.3. The van der Waals surface area contributed by atoms with E-state index in [4.69, 9.17) is 0 Å². The molecule has 2 saturated carbocycles. The van der Waals surface area contributed by atoms with Crippen LogP contribution >= 0.6 is 0 Å². The highest BCUT2D eigenvalue weighted by Crippen LogP contribution is 2.50. The largest absolute Gasteiger partial charge is 0.396 e. The van der Waals surface area contributed by atoms with E-state index >= 15 is 0 Å². The summed E-state index contributed by atoms with van der Waals surface area (Å²) in [6.07, 6.45) is 8.60. The zero-order valence-electron chi connectivity index (χ0n) is 13.9. The molecule has 4 nitrogen and oxygen atoms in total. The van der Waals surface area contributed by atoms with Crippen LogP contribution in [0.25, 0.3) is 0 Å². The Balaban J connectivity index is 1.47. The first kappa shape index (κ1) is 14.9. The lowest BCUT2D eigenvalue weighted by atomic mass is 9.73. The number of aliphatic hydroxyl groups is 1. The molecule has 4 fully saturated rings. The van der Waals surface area contributed by atoms with E-state index in [2.05, 4.69) is 16.7 Å². The van der Waals surface area contributed by atoms with Crippen LogP contribution in [0.2, 0.25) is 0 Å². The number of carbonyl (C=O) groups excluding carboxylic acids is 1. The smallest absolute Gasteiger partial charge is 0.228 e.